The average molecular weight is 370 g/mol. The number of nitrogens with zero attached hydrogens (tertiary/aromatic N) is 5. The molecule has 0 bridgehead atoms. The van der Waals surface area contributed by atoms with E-state index >= 15 is 0 Å². The summed E-state index contributed by atoms with van der Waals surface area (Å²) in [7, 11) is 0. The highest BCUT2D eigenvalue weighted by molar-refractivity contribution is 6.30. The molecule has 4 rings (SSSR count). The molecule has 0 N–H and O–H groups in total. The summed E-state index contributed by atoms with van der Waals surface area (Å²) < 4.78 is 5.28. The number of rotatable bonds is 4. The zero-order valence-corrected chi connectivity index (χ0v) is 14.6. The molecule has 1 atom stereocenters. The van der Waals surface area contributed by atoms with E-state index in [1.54, 1.807) is 29.6 Å². The number of anilines is 1. The molecule has 1 unspecified atom stereocenters. The van der Waals surface area contributed by atoms with Crippen LogP contribution in [0, 0.1) is 0 Å². The molecule has 2 aromatic heterocycles. The molecule has 1 aromatic carbocycles. The first kappa shape index (κ1) is 16.5. The van der Waals surface area contributed by atoms with Crippen LogP contribution < -0.4 is 4.90 Å². The molecule has 0 radical (unpaired) electrons. The van der Waals surface area contributed by atoms with E-state index < -0.39 is 0 Å². The summed E-state index contributed by atoms with van der Waals surface area (Å²) in [6.07, 6.45) is 5.88. The van der Waals surface area contributed by atoms with E-state index in [-0.39, 0.29) is 6.04 Å². The van der Waals surface area contributed by atoms with Gasteiger partial charge in [0.05, 0.1) is 6.04 Å². The third-order valence-corrected chi connectivity index (χ3v) is 4.69. The fraction of sp³-hybridized carbons (Fsp3) is 0.222. The van der Waals surface area contributed by atoms with Gasteiger partial charge in [-0.3, -0.25) is 4.79 Å². The lowest BCUT2D eigenvalue weighted by Gasteiger charge is -2.39. The van der Waals surface area contributed by atoms with Crippen LogP contribution in [0.3, 0.4) is 0 Å². The Morgan fingerprint density at radius 2 is 1.92 bits per heavy atom. The molecule has 1 saturated heterocycles. The van der Waals surface area contributed by atoms with Gasteiger partial charge in [0, 0.05) is 42.6 Å². The molecule has 1 aliphatic heterocycles. The number of halogens is 1. The minimum absolute atomic E-state index is 0.208. The highest BCUT2D eigenvalue weighted by atomic mass is 35.5. The van der Waals surface area contributed by atoms with Crippen LogP contribution in [0.15, 0.2) is 53.5 Å². The lowest BCUT2D eigenvalue weighted by atomic mass is 10.00. The monoisotopic (exact) mass is 369 g/mol. The van der Waals surface area contributed by atoms with Gasteiger partial charge in [-0.25, -0.2) is 9.97 Å². The van der Waals surface area contributed by atoms with Crippen LogP contribution >= 0.6 is 11.6 Å². The fourth-order valence-electron chi connectivity index (χ4n) is 3.14. The average Bonchev–Trinajstić information content (AvgIpc) is 3.18. The second-order valence-corrected chi connectivity index (χ2v) is 6.42. The summed E-state index contributed by atoms with van der Waals surface area (Å²) in [5.41, 5.74) is 2.55. The van der Waals surface area contributed by atoms with Crippen LogP contribution in [-0.2, 0) is 4.79 Å². The van der Waals surface area contributed by atoms with Crippen LogP contribution in [0.5, 0.6) is 0 Å². The maximum Gasteiger partial charge on any atom is 0.225 e. The van der Waals surface area contributed by atoms with Crippen molar-refractivity contribution in [3.63, 3.8) is 0 Å². The Kier molecular flexibility index (Phi) is 4.53. The Morgan fingerprint density at radius 1 is 1.15 bits per heavy atom. The Hall–Kier alpha value is -2.93. The van der Waals surface area contributed by atoms with E-state index in [1.807, 2.05) is 24.3 Å². The Bertz CT molecular complexity index is 884. The number of aromatic nitrogens is 3. The zero-order valence-electron chi connectivity index (χ0n) is 13.8. The van der Waals surface area contributed by atoms with Crippen LogP contribution in [-0.4, -0.2) is 46.1 Å². The zero-order chi connectivity index (χ0) is 17.9. The Balaban J connectivity index is 1.74. The van der Waals surface area contributed by atoms with Crippen molar-refractivity contribution in [3.8, 4) is 11.1 Å². The van der Waals surface area contributed by atoms with Crippen molar-refractivity contribution in [1.29, 1.82) is 0 Å². The van der Waals surface area contributed by atoms with Gasteiger partial charge in [-0.1, -0.05) is 28.9 Å². The largest absolute Gasteiger partial charge is 0.364 e. The maximum atomic E-state index is 11.3. The van der Waals surface area contributed by atoms with Crippen LogP contribution in [0.1, 0.15) is 11.7 Å². The van der Waals surface area contributed by atoms with Crippen molar-refractivity contribution >= 4 is 24.0 Å². The molecule has 8 heteroatoms. The number of piperazine rings is 1. The quantitative estimate of drug-likeness (QED) is 0.658. The van der Waals surface area contributed by atoms with Gasteiger partial charge in [-0.05, 0) is 23.8 Å². The van der Waals surface area contributed by atoms with Crippen molar-refractivity contribution in [2.45, 2.75) is 6.04 Å². The molecule has 0 saturated carbocycles. The first-order valence-corrected chi connectivity index (χ1v) is 8.57. The van der Waals surface area contributed by atoms with E-state index in [2.05, 4.69) is 20.0 Å². The predicted molar refractivity (Wildman–Crippen MR) is 96.7 cm³/mol. The number of carbonyl (C=O) groups excluding carboxylic acids is 1. The number of benzene rings is 1. The number of amides is 1. The number of carbonyl (C=O) groups is 1. The van der Waals surface area contributed by atoms with Crippen LogP contribution in [0.2, 0.25) is 5.02 Å². The molecule has 0 aliphatic carbocycles. The van der Waals surface area contributed by atoms with Crippen LogP contribution in [0.4, 0.5) is 5.95 Å². The van der Waals surface area contributed by atoms with Crippen molar-refractivity contribution in [2.24, 2.45) is 0 Å². The van der Waals surface area contributed by atoms with E-state index in [4.69, 9.17) is 16.1 Å². The number of hydrogen-bond donors (Lipinski definition) is 0. The fourth-order valence-corrected chi connectivity index (χ4v) is 3.27. The normalized spacial score (nSPS) is 17.3. The van der Waals surface area contributed by atoms with Gasteiger partial charge in [0.15, 0.2) is 0 Å². The highest BCUT2D eigenvalue weighted by Crippen LogP contribution is 2.34. The topological polar surface area (TPSA) is 75.4 Å². The van der Waals surface area contributed by atoms with E-state index in [0.29, 0.717) is 30.6 Å². The van der Waals surface area contributed by atoms with Gasteiger partial charge in [0.2, 0.25) is 12.4 Å². The Labute approximate surface area is 155 Å². The van der Waals surface area contributed by atoms with E-state index in [0.717, 1.165) is 23.2 Å². The van der Waals surface area contributed by atoms with Gasteiger partial charge in [0.25, 0.3) is 0 Å². The molecule has 3 aromatic rings. The summed E-state index contributed by atoms with van der Waals surface area (Å²) in [6, 6.07) is 9.05. The summed E-state index contributed by atoms with van der Waals surface area (Å²) in [5, 5.41) is 4.90. The maximum absolute atomic E-state index is 11.3. The molecule has 132 valence electrons. The van der Waals surface area contributed by atoms with Crippen molar-refractivity contribution in [3.05, 3.63) is 59.7 Å². The van der Waals surface area contributed by atoms with E-state index in [1.165, 1.54) is 0 Å². The first-order valence-electron chi connectivity index (χ1n) is 8.19. The molecule has 1 fully saturated rings. The van der Waals surface area contributed by atoms with Gasteiger partial charge in [-0.15, -0.1) is 0 Å². The molecular formula is C18H16ClN5O2. The van der Waals surface area contributed by atoms with Crippen molar-refractivity contribution in [2.75, 3.05) is 24.5 Å². The summed E-state index contributed by atoms with van der Waals surface area (Å²) >= 11 is 5.99. The highest BCUT2D eigenvalue weighted by Gasteiger charge is 2.33. The second kappa shape index (κ2) is 7.13. The van der Waals surface area contributed by atoms with Gasteiger partial charge in [-0.2, -0.15) is 0 Å². The molecule has 3 heterocycles. The molecule has 26 heavy (non-hydrogen) atoms. The SMILES string of the molecule is O=CN1CCN(c2ncccn2)C(c2nocc2-c2ccc(Cl)cc2)C1. The summed E-state index contributed by atoms with van der Waals surface area (Å²) in [4.78, 5) is 23.8. The molecular weight excluding hydrogens is 354 g/mol. The summed E-state index contributed by atoms with van der Waals surface area (Å²) in [6.45, 7) is 1.70. The minimum Gasteiger partial charge on any atom is -0.364 e. The first-order chi connectivity index (χ1) is 12.8. The van der Waals surface area contributed by atoms with Crippen molar-refractivity contribution in [1.82, 2.24) is 20.0 Å². The van der Waals surface area contributed by atoms with Gasteiger partial charge >= 0.3 is 0 Å². The van der Waals surface area contributed by atoms with E-state index in [9.17, 15) is 4.79 Å². The number of hydrogen-bond acceptors (Lipinski definition) is 6. The third kappa shape index (κ3) is 3.13. The third-order valence-electron chi connectivity index (χ3n) is 4.44. The Morgan fingerprint density at radius 3 is 2.65 bits per heavy atom. The molecule has 1 aliphatic rings. The lowest BCUT2D eigenvalue weighted by Crippen LogP contribution is -2.48. The smallest absolute Gasteiger partial charge is 0.225 e. The van der Waals surface area contributed by atoms with Crippen LogP contribution in [0.25, 0.3) is 11.1 Å². The lowest BCUT2D eigenvalue weighted by molar-refractivity contribution is -0.118. The predicted octanol–water partition coefficient (Wildman–Crippen LogP) is 2.80. The molecule has 0 spiro atoms. The molecule has 1 amide bonds. The van der Waals surface area contributed by atoms with Crippen molar-refractivity contribution < 1.29 is 9.32 Å². The molecule has 7 nitrogen and oxygen atoms in total. The second-order valence-electron chi connectivity index (χ2n) is 5.98. The summed E-state index contributed by atoms with van der Waals surface area (Å²) in [5.74, 6) is 0.605. The van der Waals surface area contributed by atoms with Gasteiger partial charge in [0.1, 0.15) is 12.0 Å². The van der Waals surface area contributed by atoms with Gasteiger partial charge < -0.3 is 14.3 Å². The standard InChI is InChI=1S/C18H16ClN5O2/c19-14-4-2-13(3-5-14)15-11-26-22-17(15)16-10-23(12-25)8-9-24(16)18-20-6-1-7-21-18/h1-7,11-12,16H,8-10H2. The minimum atomic E-state index is -0.208.